The molecule has 8 heteroatoms. The maximum Gasteiger partial charge on any atom is 0.435 e. The van der Waals surface area contributed by atoms with Crippen LogP contribution in [-0.2, 0) is 6.18 Å². The summed E-state index contributed by atoms with van der Waals surface area (Å²) in [5.41, 5.74) is -0.757. The second-order valence-corrected chi connectivity index (χ2v) is 3.39. The second-order valence-electron chi connectivity index (χ2n) is 3.39. The molecule has 2 aromatic rings. The molecule has 0 aliphatic rings. The number of carboxylic acids is 1. The highest BCUT2D eigenvalue weighted by Crippen LogP contribution is 2.27. The smallest absolute Gasteiger partial charge is 0.435 e. The molecule has 0 bridgehead atoms. The fraction of sp³-hybridized carbons (Fsp3) is 0.100. The van der Waals surface area contributed by atoms with Crippen LogP contribution in [0.3, 0.4) is 0 Å². The highest BCUT2D eigenvalue weighted by molar-refractivity contribution is 5.86. The van der Waals surface area contributed by atoms with Gasteiger partial charge in [0.2, 0.25) is 0 Å². The van der Waals surface area contributed by atoms with Crippen LogP contribution in [0.5, 0.6) is 0 Å². The Bertz CT molecular complexity index is 575. The van der Waals surface area contributed by atoms with Crippen molar-refractivity contribution >= 4 is 5.97 Å². The summed E-state index contributed by atoms with van der Waals surface area (Å²) in [7, 11) is 0. The van der Waals surface area contributed by atoms with Crippen LogP contribution >= 0.6 is 0 Å². The minimum atomic E-state index is -4.55. The van der Waals surface area contributed by atoms with E-state index >= 15 is 0 Å². The topological polar surface area (TPSA) is 78.9 Å². The number of carbonyl (C=O) groups is 1. The highest BCUT2D eigenvalue weighted by atomic mass is 19.4. The van der Waals surface area contributed by atoms with Crippen molar-refractivity contribution in [3.63, 3.8) is 0 Å². The molecule has 18 heavy (non-hydrogen) atoms. The van der Waals surface area contributed by atoms with Crippen LogP contribution in [0.25, 0.3) is 11.4 Å². The first kappa shape index (κ1) is 12.1. The summed E-state index contributed by atoms with van der Waals surface area (Å²) >= 11 is 0. The number of hydrogen-bond donors (Lipinski definition) is 2. The molecule has 2 rings (SSSR count). The first-order chi connectivity index (χ1) is 8.38. The van der Waals surface area contributed by atoms with Gasteiger partial charge in [0.15, 0.2) is 5.69 Å². The van der Waals surface area contributed by atoms with Gasteiger partial charge in [-0.1, -0.05) is 0 Å². The normalized spacial score (nSPS) is 11.5. The van der Waals surface area contributed by atoms with Crippen LogP contribution in [0.4, 0.5) is 13.2 Å². The second kappa shape index (κ2) is 4.13. The van der Waals surface area contributed by atoms with Crippen molar-refractivity contribution in [2.75, 3.05) is 0 Å². The van der Waals surface area contributed by atoms with E-state index in [1.54, 1.807) is 0 Å². The molecule has 0 aliphatic heterocycles. The molecule has 2 N–H and O–H groups in total. The van der Waals surface area contributed by atoms with Gasteiger partial charge in [0.25, 0.3) is 0 Å². The summed E-state index contributed by atoms with van der Waals surface area (Å²) in [6, 6.07) is 4.59. The quantitative estimate of drug-likeness (QED) is 0.864. The number of nitrogens with one attached hydrogen (secondary N) is 1. The molecule has 0 spiro atoms. The first-order valence-corrected chi connectivity index (χ1v) is 4.71. The van der Waals surface area contributed by atoms with Gasteiger partial charge in [0, 0.05) is 0 Å². The maximum atomic E-state index is 12.2. The Morgan fingerprint density at radius 1 is 1.17 bits per heavy atom. The van der Waals surface area contributed by atoms with E-state index in [-0.39, 0.29) is 17.1 Å². The van der Waals surface area contributed by atoms with Crippen LogP contribution in [0, 0.1) is 0 Å². The van der Waals surface area contributed by atoms with Crippen LogP contribution in [0.1, 0.15) is 16.2 Å². The summed E-state index contributed by atoms with van der Waals surface area (Å²) < 4.78 is 36.7. The van der Waals surface area contributed by atoms with Crippen molar-refractivity contribution in [1.29, 1.82) is 0 Å². The summed E-state index contributed by atoms with van der Waals surface area (Å²) in [4.78, 5) is 13.1. The monoisotopic (exact) mass is 257 g/mol. The Morgan fingerprint density at radius 3 is 2.33 bits per heavy atom. The Balaban J connectivity index is 2.31. The Hall–Kier alpha value is -2.38. The molecule has 5 nitrogen and oxygen atoms in total. The van der Waals surface area contributed by atoms with Gasteiger partial charge in [-0.05, 0) is 24.3 Å². The van der Waals surface area contributed by atoms with Crippen molar-refractivity contribution in [2.24, 2.45) is 0 Å². The van der Waals surface area contributed by atoms with E-state index in [0.717, 1.165) is 12.1 Å². The molecule has 0 aliphatic carbocycles. The zero-order valence-corrected chi connectivity index (χ0v) is 8.69. The zero-order valence-electron chi connectivity index (χ0n) is 8.69. The van der Waals surface area contributed by atoms with Crippen molar-refractivity contribution in [2.45, 2.75) is 6.18 Å². The molecule has 2 heterocycles. The van der Waals surface area contributed by atoms with Gasteiger partial charge in [0.05, 0.1) is 5.69 Å². The van der Waals surface area contributed by atoms with Crippen LogP contribution in [-0.4, -0.2) is 26.3 Å². The van der Waals surface area contributed by atoms with Gasteiger partial charge in [0.1, 0.15) is 11.4 Å². The molecule has 0 amide bonds. The fourth-order valence-corrected chi connectivity index (χ4v) is 1.30. The maximum absolute atomic E-state index is 12.2. The van der Waals surface area contributed by atoms with E-state index in [2.05, 4.69) is 15.2 Å². The largest absolute Gasteiger partial charge is 0.477 e. The number of aromatic carboxylic acids is 1. The lowest BCUT2D eigenvalue weighted by Crippen LogP contribution is -2.09. The minimum Gasteiger partial charge on any atom is -0.477 e. The number of alkyl halides is 3. The van der Waals surface area contributed by atoms with Gasteiger partial charge in [-0.3, -0.25) is 0 Å². The predicted octanol–water partition coefficient (Wildman–Crippen LogP) is 2.19. The molecular weight excluding hydrogens is 251 g/mol. The van der Waals surface area contributed by atoms with E-state index in [1.807, 2.05) is 0 Å². The van der Waals surface area contributed by atoms with Crippen molar-refractivity contribution in [1.82, 2.24) is 15.2 Å². The molecule has 0 atom stereocenters. The minimum absolute atomic E-state index is 0.0771. The van der Waals surface area contributed by atoms with E-state index in [1.165, 1.54) is 12.1 Å². The third-order valence-corrected chi connectivity index (χ3v) is 2.15. The number of rotatable bonds is 2. The average molecular weight is 257 g/mol. The van der Waals surface area contributed by atoms with Gasteiger partial charge in [-0.2, -0.15) is 13.2 Å². The van der Waals surface area contributed by atoms with Crippen LogP contribution in [0.2, 0.25) is 0 Å². The summed E-state index contributed by atoms with van der Waals surface area (Å²) in [6.07, 6.45) is -4.55. The van der Waals surface area contributed by atoms with E-state index in [4.69, 9.17) is 5.11 Å². The van der Waals surface area contributed by atoms with E-state index < -0.39 is 17.8 Å². The number of hydrogen-bond acceptors (Lipinski definition) is 3. The molecule has 0 saturated carbocycles. The lowest BCUT2D eigenvalue weighted by atomic mass is 10.3. The molecule has 2 aromatic heterocycles. The summed E-state index contributed by atoms with van der Waals surface area (Å²) in [5, 5.41) is 15.1. The summed E-state index contributed by atoms with van der Waals surface area (Å²) in [5.74, 6) is -1.17. The number of halogens is 3. The number of nitrogens with zero attached hydrogens (tertiary/aromatic N) is 2. The lowest BCUT2D eigenvalue weighted by molar-refractivity contribution is -0.141. The van der Waals surface area contributed by atoms with Gasteiger partial charge < -0.3 is 10.1 Å². The molecule has 94 valence electrons. The molecule has 0 saturated heterocycles. The Labute approximate surface area is 98.3 Å². The predicted molar refractivity (Wildman–Crippen MR) is 53.8 cm³/mol. The van der Waals surface area contributed by atoms with Gasteiger partial charge in [-0.25, -0.2) is 4.79 Å². The Kier molecular flexibility index (Phi) is 2.77. The van der Waals surface area contributed by atoms with Crippen LogP contribution in [0.15, 0.2) is 24.3 Å². The number of aromatic amines is 1. The molecule has 0 fully saturated rings. The first-order valence-electron chi connectivity index (χ1n) is 4.71. The SMILES string of the molecule is O=C(O)c1ccc(-c2ccc(C(F)(F)F)nn2)[nH]1. The average Bonchev–Trinajstić information content (AvgIpc) is 2.77. The summed E-state index contributed by atoms with van der Waals surface area (Å²) in [6.45, 7) is 0. The molecular formula is C10H6F3N3O2. The van der Waals surface area contributed by atoms with Gasteiger partial charge in [-0.15, -0.1) is 10.2 Å². The highest BCUT2D eigenvalue weighted by Gasteiger charge is 2.32. The third-order valence-electron chi connectivity index (χ3n) is 2.15. The van der Waals surface area contributed by atoms with Crippen LogP contribution < -0.4 is 0 Å². The number of H-pyrrole nitrogens is 1. The van der Waals surface area contributed by atoms with Gasteiger partial charge >= 0.3 is 12.1 Å². The number of carboxylic acid groups (broad SMARTS) is 1. The fourth-order valence-electron chi connectivity index (χ4n) is 1.30. The third kappa shape index (κ3) is 2.31. The zero-order chi connectivity index (χ0) is 13.3. The van der Waals surface area contributed by atoms with Crippen molar-refractivity contribution in [3.05, 3.63) is 35.7 Å². The standard InChI is InChI=1S/C10H6F3N3O2/c11-10(12,13)8-4-3-6(15-16-8)5-1-2-7(14-5)9(17)18/h1-4,14H,(H,17,18). The molecule has 0 aromatic carbocycles. The number of aromatic nitrogens is 3. The van der Waals surface area contributed by atoms with Crippen molar-refractivity contribution in [3.8, 4) is 11.4 Å². The van der Waals surface area contributed by atoms with E-state index in [9.17, 15) is 18.0 Å². The molecule has 0 radical (unpaired) electrons. The lowest BCUT2D eigenvalue weighted by Gasteiger charge is -2.04. The molecule has 0 unspecified atom stereocenters. The van der Waals surface area contributed by atoms with Crippen molar-refractivity contribution < 1.29 is 23.1 Å². The Morgan fingerprint density at radius 2 is 1.89 bits per heavy atom. The van der Waals surface area contributed by atoms with E-state index in [0.29, 0.717) is 0 Å².